The molecule has 2 heterocycles. The lowest BCUT2D eigenvalue weighted by molar-refractivity contribution is -0.141. The maximum absolute atomic E-state index is 12.7. The minimum Gasteiger partial charge on any atom is -0.493 e. The molecule has 0 atom stereocenters. The second-order valence-electron chi connectivity index (χ2n) is 4.42. The van der Waals surface area contributed by atoms with Crippen molar-refractivity contribution in [1.29, 1.82) is 0 Å². The van der Waals surface area contributed by atoms with Crippen LogP contribution in [-0.2, 0) is 12.6 Å². The molecule has 4 nitrogen and oxygen atoms in total. The van der Waals surface area contributed by atoms with E-state index in [0.29, 0.717) is 12.2 Å². The Morgan fingerprint density at radius 3 is 2.70 bits per heavy atom. The maximum atomic E-state index is 12.7. The third kappa shape index (κ3) is 2.26. The minimum atomic E-state index is -4.55. The van der Waals surface area contributed by atoms with Crippen LogP contribution in [0.25, 0.3) is 11.3 Å². The number of nitrogens with zero attached hydrogens (tertiary/aromatic N) is 2. The highest BCUT2D eigenvalue weighted by Gasteiger charge is 2.33. The second kappa shape index (κ2) is 4.36. The molecule has 1 aromatic heterocycles. The summed E-state index contributed by atoms with van der Waals surface area (Å²) in [6.45, 7) is 0.582. The summed E-state index contributed by atoms with van der Waals surface area (Å²) < 4.78 is 43.5. The highest BCUT2D eigenvalue weighted by Crippen LogP contribution is 2.33. The van der Waals surface area contributed by atoms with Crippen LogP contribution in [0.1, 0.15) is 11.3 Å². The van der Waals surface area contributed by atoms with E-state index >= 15 is 0 Å². The molecule has 20 heavy (non-hydrogen) atoms. The van der Waals surface area contributed by atoms with Gasteiger partial charge in [0.1, 0.15) is 5.75 Å². The number of nitrogens with two attached hydrogens (primary N) is 1. The predicted octanol–water partition coefficient (Wildman–Crippen LogP) is 2.68. The number of alkyl halides is 3. The highest BCUT2D eigenvalue weighted by molar-refractivity contribution is 5.64. The van der Waals surface area contributed by atoms with E-state index in [1.54, 1.807) is 18.2 Å². The van der Waals surface area contributed by atoms with Crippen LogP contribution in [0.3, 0.4) is 0 Å². The standard InChI is InChI=1S/C13H10F3N3O/c14-13(15,16)11-6-9(18-12(17)19-11)7-1-2-10-8(5-7)3-4-20-10/h1-2,5-6H,3-4H2,(H2,17,18,19). The van der Waals surface area contributed by atoms with Crippen LogP contribution in [-0.4, -0.2) is 16.6 Å². The van der Waals surface area contributed by atoms with Crippen LogP contribution in [0.4, 0.5) is 19.1 Å². The minimum absolute atomic E-state index is 0.152. The van der Waals surface area contributed by atoms with Crippen molar-refractivity contribution >= 4 is 5.95 Å². The van der Waals surface area contributed by atoms with Gasteiger partial charge in [0.25, 0.3) is 0 Å². The normalized spacial score (nSPS) is 13.9. The van der Waals surface area contributed by atoms with Gasteiger partial charge in [-0.3, -0.25) is 0 Å². The Morgan fingerprint density at radius 1 is 1.15 bits per heavy atom. The Morgan fingerprint density at radius 2 is 1.95 bits per heavy atom. The smallest absolute Gasteiger partial charge is 0.433 e. The predicted molar refractivity (Wildman–Crippen MR) is 66.1 cm³/mol. The van der Waals surface area contributed by atoms with E-state index in [-0.39, 0.29) is 5.69 Å². The molecule has 0 fully saturated rings. The van der Waals surface area contributed by atoms with E-state index < -0.39 is 17.8 Å². The molecule has 0 unspecified atom stereocenters. The Balaban J connectivity index is 2.08. The topological polar surface area (TPSA) is 61.0 Å². The van der Waals surface area contributed by atoms with Crippen molar-refractivity contribution in [2.24, 2.45) is 0 Å². The summed E-state index contributed by atoms with van der Waals surface area (Å²) in [6.07, 6.45) is -3.82. The number of ether oxygens (including phenoxy) is 1. The van der Waals surface area contributed by atoms with Crippen LogP contribution in [0.15, 0.2) is 24.3 Å². The summed E-state index contributed by atoms with van der Waals surface area (Å²) in [5, 5.41) is 0. The van der Waals surface area contributed by atoms with E-state index in [0.717, 1.165) is 23.8 Å². The Bertz CT molecular complexity index is 670. The molecule has 1 aromatic carbocycles. The molecule has 0 aliphatic carbocycles. The van der Waals surface area contributed by atoms with E-state index in [4.69, 9.17) is 10.5 Å². The summed E-state index contributed by atoms with van der Waals surface area (Å²) in [5.74, 6) is 0.360. The third-order valence-electron chi connectivity index (χ3n) is 3.02. The number of hydrogen-bond acceptors (Lipinski definition) is 4. The summed E-state index contributed by atoms with van der Waals surface area (Å²) in [5.41, 5.74) is 5.98. The van der Waals surface area contributed by atoms with Gasteiger partial charge in [-0.05, 0) is 29.8 Å². The van der Waals surface area contributed by atoms with Crippen LogP contribution in [0, 0.1) is 0 Å². The lowest BCUT2D eigenvalue weighted by Crippen LogP contribution is -2.11. The molecule has 0 spiro atoms. The molecule has 2 aromatic rings. The molecule has 3 rings (SSSR count). The monoisotopic (exact) mass is 281 g/mol. The zero-order chi connectivity index (χ0) is 14.3. The SMILES string of the molecule is Nc1nc(-c2ccc3c(c2)CCO3)cc(C(F)(F)F)n1. The molecular weight excluding hydrogens is 271 g/mol. The molecule has 0 saturated heterocycles. The van der Waals surface area contributed by atoms with E-state index in [9.17, 15) is 13.2 Å². The largest absolute Gasteiger partial charge is 0.493 e. The number of aromatic nitrogens is 2. The van der Waals surface area contributed by atoms with Crippen molar-refractivity contribution in [2.45, 2.75) is 12.6 Å². The molecule has 2 N–H and O–H groups in total. The Hall–Kier alpha value is -2.31. The van der Waals surface area contributed by atoms with Crippen LogP contribution in [0.5, 0.6) is 5.75 Å². The van der Waals surface area contributed by atoms with Gasteiger partial charge in [-0.15, -0.1) is 0 Å². The fraction of sp³-hybridized carbons (Fsp3) is 0.231. The first-order valence-electron chi connectivity index (χ1n) is 5.91. The van der Waals surface area contributed by atoms with Crippen molar-refractivity contribution in [3.63, 3.8) is 0 Å². The second-order valence-corrected chi connectivity index (χ2v) is 4.42. The molecular formula is C13H10F3N3O. The van der Waals surface area contributed by atoms with Crippen LogP contribution >= 0.6 is 0 Å². The van der Waals surface area contributed by atoms with Gasteiger partial charge in [-0.2, -0.15) is 13.2 Å². The van der Waals surface area contributed by atoms with Crippen molar-refractivity contribution in [1.82, 2.24) is 9.97 Å². The van der Waals surface area contributed by atoms with Gasteiger partial charge < -0.3 is 10.5 Å². The number of fused-ring (bicyclic) bond motifs is 1. The van der Waals surface area contributed by atoms with E-state index in [1.807, 2.05) is 0 Å². The summed E-state index contributed by atoms with van der Waals surface area (Å²) >= 11 is 0. The van der Waals surface area contributed by atoms with Gasteiger partial charge in [-0.25, -0.2) is 9.97 Å². The molecule has 0 bridgehead atoms. The van der Waals surface area contributed by atoms with Crippen LogP contribution in [0.2, 0.25) is 0 Å². The average Bonchev–Trinajstić information content (AvgIpc) is 2.84. The molecule has 0 radical (unpaired) electrons. The van der Waals surface area contributed by atoms with Gasteiger partial charge in [0.15, 0.2) is 5.69 Å². The maximum Gasteiger partial charge on any atom is 0.433 e. The number of halogens is 3. The first-order chi connectivity index (χ1) is 9.43. The molecule has 0 amide bonds. The fourth-order valence-electron chi connectivity index (χ4n) is 2.10. The lowest BCUT2D eigenvalue weighted by Gasteiger charge is -2.09. The highest BCUT2D eigenvalue weighted by atomic mass is 19.4. The zero-order valence-corrected chi connectivity index (χ0v) is 10.2. The average molecular weight is 281 g/mol. The summed E-state index contributed by atoms with van der Waals surface area (Å²) in [4.78, 5) is 7.09. The number of nitrogen functional groups attached to an aromatic ring is 1. The van der Waals surface area contributed by atoms with Gasteiger partial charge in [-0.1, -0.05) is 0 Å². The quantitative estimate of drug-likeness (QED) is 0.873. The summed E-state index contributed by atoms with van der Waals surface area (Å²) in [7, 11) is 0. The molecule has 1 aliphatic heterocycles. The number of rotatable bonds is 1. The lowest BCUT2D eigenvalue weighted by atomic mass is 10.1. The Kier molecular flexibility index (Phi) is 2.77. The fourth-order valence-corrected chi connectivity index (χ4v) is 2.10. The van der Waals surface area contributed by atoms with E-state index in [1.165, 1.54) is 0 Å². The molecule has 7 heteroatoms. The van der Waals surface area contributed by atoms with Crippen molar-refractivity contribution < 1.29 is 17.9 Å². The molecule has 1 aliphatic rings. The van der Waals surface area contributed by atoms with Gasteiger partial charge in [0, 0.05) is 12.0 Å². The first-order valence-corrected chi connectivity index (χ1v) is 5.91. The van der Waals surface area contributed by atoms with Gasteiger partial charge in [0.05, 0.1) is 12.3 Å². The third-order valence-corrected chi connectivity index (χ3v) is 3.02. The van der Waals surface area contributed by atoms with Crippen molar-refractivity contribution in [3.8, 4) is 17.0 Å². The van der Waals surface area contributed by atoms with Crippen LogP contribution < -0.4 is 10.5 Å². The van der Waals surface area contributed by atoms with Gasteiger partial charge >= 0.3 is 6.18 Å². The van der Waals surface area contributed by atoms with Crippen molar-refractivity contribution in [2.75, 3.05) is 12.3 Å². The van der Waals surface area contributed by atoms with E-state index in [2.05, 4.69) is 9.97 Å². The first kappa shape index (κ1) is 12.7. The molecule has 104 valence electrons. The number of benzene rings is 1. The number of hydrogen-bond donors (Lipinski definition) is 1. The zero-order valence-electron chi connectivity index (χ0n) is 10.2. The number of anilines is 1. The molecule has 0 saturated carbocycles. The summed E-state index contributed by atoms with van der Waals surface area (Å²) in [6, 6.07) is 6.05. The van der Waals surface area contributed by atoms with Gasteiger partial charge in [0.2, 0.25) is 5.95 Å². The Labute approximate surface area is 112 Å². The van der Waals surface area contributed by atoms with Crippen molar-refractivity contribution in [3.05, 3.63) is 35.5 Å².